The molecule has 20 heavy (non-hydrogen) atoms. The van der Waals surface area contributed by atoms with Crippen LogP contribution in [0.15, 0.2) is 22.7 Å². The third kappa shape index (κ3) is 3.79. The monoisotopic (exact) mass is 343 g/mol. The van der Waals surface area contributed by atoms with Crippen LogP contribution in [-0.2, 0) is 0 Å². The van der Waals surface area contributed by atoms with Crippen LogP contribution in [0.4, 0.5) is 4.39 Å². The van der Waals surface area contributed by atoms with Gasteiger partial charge < -0.3 is 10.6 Å². The average Bonchev–Trinajstić information content (AvgIpc) is 2.80. The Bertz CT molecular complexity index is 455. The quantitative estimate of drug-likeness (QED) is 0.891. The molecule has 0 saturated carbocycles. The van der Waals surface area contributed by atoms with Gasteiger partial charge in [-0.2, -0.15) is 0 Å². The molecule has 1 saturated heterocycles. The van der Waals surface area contributed by atoms with Crippen molar-refractivity contribution in [1.82, 2.24) is 9.80 Å². The number of rotatable bonds is 5. The number of likely N-dealkylation sites (tertiary alicyclic amines) is 1. The number of nitrogens with two attached hydrogens (primary N) is 1. The molecule has 1 aliphatic heterocycles. The van der Waals surface area contributed by atoms with Gasteiger partial charge in [-0.05, 0) is 66.6 Å². The van der Waals surface area contributed by atoms with Gasteiger partial charge in [-0.25, -0.2) is 4.39 Å². The second-order valence-corrected chi connectivity index (χ2v) is 6.64. The van der Waals surface area contributed by atoms with Gasteiger partial charge in [0.2, 0.25) is 0 Å². The Labute approximate surface area is 129 Å². The van der Waals surface area contributed by atoms with Gasteiger partial charge in [-0.3, -0.25) is 4.90 Å². The molecule has 1 aromatic rings. The summed E-state index contributed by atoms with van der Waals surface area (Å²) in [4.78, 5) is 4.66. The number of benzene rings is 1. The fraction of sp³-hybridized carbons (Fsp3) is 0.600. The van der Waals surface area contributed by atoms with E-state index in [1.54, 1.807) is 0 Å². The summed E-state index contributed by atoms with van der Waals surface area (Å²) in [5.41, 5.74) is 7.00. The zero-order valence-electron chi connectivity index (χ0n) is 12.1. The highest BCUT2D eigenvalue weighted by molar-refractivity contribution is 9.10. The van der Waals surface area contributed by atoms with E-state index in [-0.39, 0.29) is 11.9 Å². The molecule has 5 heteroatoms. The molecule has 2 atom stereocenters. The standard InChI is InChI=1S/C15H23BrFN3/c1-19-6-5-11(9-19)10-20(2)15(8-18)12-3-4-14(17)13(16)7-12/h3-4,7,11,15H,5-6,8-10,18H2,1-2H3. The van der Waals surface area contributed by atoms with Gasteiger partial charge in [0.05, 0.1) is 4.47 Å². The third-order valence-electron chi connectivity index (χ3n) is 4.12. The van der Waals surface area contributed by atoms with Crippen LogP contribution in [0.25, 0.3) is 0 Å². The molecule has 2 unspecified atom stereocenters. The Morgan fingerprint density at radius 1 is 1.55 bits per heavy atom. The predicted molar refractivity (Wildman–Crippen MR) is 84.1 cm³/mol. The van der Waals surface area contributed by atoms with Crippen LogP contribution in [0.1, 0.15) is 18.0 Å². The summed E-state index contributed by atoms with van der Waals surface area (Å²) in [6.45, 7) is 3.89. The molecule has 1 aliphatic rings. The lowest BCUT2D eigenvalue weighted by Gasteiger charge is -2.29. The second kappa shape index (κ2) is 6.98. The van der Waals surface area contributed by atoms with Gasteiger partial charge in [0.15, 0.2) is 0 Å². The molecule has 1 heterocycles. The fourth-order valence-corrected chi connectivity index (χ4v) is 3.40. The van der Waals surface area contributed by atoms with Crippen molar-refractivity contribution in [3.63, 3.8) is 0 Å². The molecular weight excluding hydrogens is 321 g/mol. The molecule has 1 aromatic carbocycles. The van der Waals surface area contributed by atoms with Crippen LogP contribution in [0.3, 0.4) is 0 Å². The van der Waals surface area contributed by atoms with Gasteiger partial charge in [0, 0.05) is 25.7 Å². The van der Waals surface area contributed by atoms with Crippen LogP contribution in [0.2, 0.25) is 0 Å². The van der Waals surface area contributed by atoms with Crippen LogP contribution in [-0.4, -0.2) is 50.1 Å². The topological polar surface area (TPSA) is 32.5 Å². The van der Waals surface area contributed by atoms with E-state index in [9.17, 15) is 4.39 Å². The molecule has 1 fully saturated rings. The normalized spacial score (nSPS) is 21.6. The van der Waals surface area contributed by atoms with Crippen molar-refractivity contribution < 1.29 is 4.39 Å². The van der Waals surface area contributed by atoms with Gasteiger partial charge in [-0.15, -0.1) is 0 Å². The van der Waals surface area contributed by atoms with E-state index < -0.39 is 0 Å². The van der Waals surface area contributed by atoms with Gasteiger partial charge in [0.25, 0.3) is 0 Å². The lowest BCUT2D eigenvalue weighted by molar-refractivity contribution is 0.211. The SMILES string of the molecule is CN1CCC(CN(C)C(CN)c2ccc(F)c(Br)c2)C1. The van der Waals surface area contributed by atoms with Crippen molar-refractivity contribution in [2.24, 2.45) is 11.7 Å². The lowest BCUT2D eigenvalue weighted by atomic mass is 10.0. The minimum Gasteiger partial charge on any atom is -0.329 e. The summed E-state index contributed by atoms with van der Waals surface area (Å²) in [6.07, 6.45) is 1.24. The van der Waals surface area contributed by atoms with Crippen molar-refractivity contribution in [3.05, 3.63) is 34.1 Å². The van der Waals surface area contributed by atoms with E-state index in [0.29, 0.717) is 16.9 Å². The molecule has 112 valence electrons. The Kier molecular flexibility index (Phi) is 5.55. The van der Waals surface area contributed by atoms with E-state index in [0.717, 1.165) is 18.7 Å². The highest BCUT2D eigenvalue weighted by Crippen LogP contribution is 2.26. The first-order chi connectivity index (χ1) is 9.51. The second-order valence-electron chi connectivity index (χ2n) is 5.78. The predicted octanol–water partition coefficient (Wildman–Crippen LogP) is 2.47. The zero-order chi connectivity index (χ0) is 14.7. The van der Waals surface area contributed by atoms with Crippen molar-refractivity contribution in [2.45, 2.75) is 12.5 Å². The molecule has 0 aromatic heterocycles. The Hall–Kier alpha value is -0.490. The van der Waals surface area contributed by atoms with Crippen LogP contribution in [0.5, 0.6) is 0 Å². The summed E-state index contributed by atoms with van der Waals surface area (Å²) < 4.78 is 13.8. The lowest BCUT2D eigenvalue weighted by Crippen LogP contribution is -2.35. The van der Waals surface area contributed by atoms with E-state index in [1.807, 2.05) is 12.1 Å². The maximum absolute atomic E-state index is 13.3. The minimum absolute atomic E-state index is 0.137. The first kappa shape index (κ1) is 15.9. The van der Waals surface area contributed by atoms with E-state index in [1.165, 1.54) is 19.0 Å². The highest BCUT2D eigenvalue weighted by Gasteiger charge is 2.24. The molecule has 0 radical (unpaired) electrons. The van der Waals surface area contributed by atoms with E-state index >= 15 is 0 Å². The summed E-state index contributed by atoms with van der Waals surface area (Å²) in [7, 11) is 4.27. The number of hydrogen-bond acceptors (Lipinski definition) is 3. The highest BCUT2D eigenvalue weighted by atomic mass is 79.9. The van der Waals surface area contributed by atoms with Crippen LogP contribution >= 0.6 is 15.9 Å². The summed E-state index contributed by atoms with van der Waals surface area (Å²) in [5.74, 6) is 0.465. The fourth-order valence-electron chi connectivity index (χ4n) is 3.00. The number of hydrogen-bond donors (Lipinski definition) is 1. The van der Waals surface area contributed by atoms with Gasteiger partial charge >= 0.3 is 0 Å². The number of halogens is 2. The van der Waals surface area contributed by atoms with E-state index in [4.69, 9.17) is 5.73 Å². The maximum atomic E-state index is 13.3. The molecule has 2 rings (SSSR count). The van der Waals surface area contributed by atoms with Crippen molar-refractivity contribution in [3.8, 4) is 0 Å². The Balaban J connectivity index is 2.04. The molecule has 0 amide bonds. The average molecular weight is 344 g/mol. The number of nitrogens with zero attached hydrogens (tertiary/aromatic N) is 2. The summed E-state index contributed by atoms with van der Waals surface area (Å²) in [6, 6.07) is 5.30. The Morgan fingerprint density at radius 3 is 2.85 bits per heavy atom. The summed E-state index contributed by atoms with van der Waals surface area (Å²) >= 11 is 3.25. The smallest absolute Gasteiger partial charge is 0.137 e. The molecule has 0 aliphatic carbocycles. The van der Waals surface area contributed by atoms with Crippen LogP contribution < -0.4 is 5.73 Å². The van der Waals surface area contributed by atoms with Crippen molar-refractivity contribution >= 4 is 15.9 Å². The molecule has 3 nitrogen and oxygen atoms in total. The zero-order valence-corrected chi connectivity index (χ0v) is 13.7. The Morgan fingerprint density at radius 2 is 2.30 bits per heavy atom. The van der Waals surface area contributed by atoms with Crippen molar-refractivity contribution in [2.75, 3.05) is 40.3 Å². The summed E-state index contributed by atoms with van der Waals surface area (Å²) in [5, 5.41) is 0. The number of likely N-dealkylation sites (N-methyl/N-ethyl adjacent to an activating group) is 1. The maximum Gasteiger partial charge on any atom is 0.137 e. The molecular formula is C15H23BrFN3. The van der Waals surface area contributed by atoms with Gasteiger partial charge in [-0.1, -0.05) is 6.07 Å². The minimum atomic E-state index is -0.232. The van der Waals surface area contributed by atoms with E-state index in [2.05, 4.69) is 39.8 Å². The molecule has 0 bridgehead atoms. The largest absolute Gasteiger partial charge is 0.329 e. The van der Waals surface area contributed by atoms with Gasteiger partial charge in [0.1, 0.15) is 5.82 Å². The van der Waals surface area contributed by atoms with Crippen LogP contribution in [0, 0.1) is 11.7 Å². The first-order valence-electron chi connectivity index (χ1n) is 7.05. The first-order valence-corrected chi connectivity index (χ1v) is 7.84. The van der Waals surface area contributed by atoms with Crippen molar-refractivity contribution in [1.29, 1.82) is 0 Å². The molecule has 2 N–H and O–H groups in total. The molecule has 0 spiro atoms. The third-order valence-corrected chi connectivity index (χ3v) is 4.73.